The first-order valence-corrected chi connectivity index (χ1v) is 7.48. The van der Waals surface area contributed by atoms with Gasteiger partial charge in [-0.1, -0.05) is 43.1 Å². The highest BCUT2D eigenvalue weighted by molar-refractivity contribution is 9.10. The van der Waals surface area contributed by atoms with Crippen LogP contribution in [0, 0.1) is 0 Å². The Bertz CT molecular complexity index is 393. The molecular weight excluding hydrogens is 308 g/mol. The SMILES string of the molecule is CCCCOc1cc(O)c(C(C)(C)CCO)c(Br)c1. The smallest absolute Gasteiger partial charge is 0.124 e. The molecule has 0 saturated heterocycles. The van der Waals surface area contributed by atoms with E-state index < -0.39 is 0 Å². The molecular formula is C15H23BrO3. The van der Waals surface area contributed by atoms with Crippen LogP contribution in [0.5, 0.6) is 11.5 Å². The number of aliphatic hydroxyl groups is 1. The summed E-state index contributed by atoms with van der Waals surface area (Å²) in [5, 5.41) is 19.3. The number of halogens is 1. The van der Waals surface area contributed by atoms with E-state index in [1.54, 1.807) is 6.07 Å². The van der Waals surface area contributed by atoms with Crippen LogP contribution in [0.2, 0.25) is 0 Å². The first kappa shape index (κ1) is 16.3. The first-order chi connectivity index (χ1) is 8.92. The van der Waals surface area contributed by atoms with Crippen LogP contribution in [-0.2, 0) is 5.41 Å². The molecule has 0 aliphatic rings. The van der Waals surface area contributed by atoms with Crippen molar-refractivity contribution < 1.29 is 14.9 Å². The molecule has 0 aromatic heterocycles. The molecule has 0 atom stereocenters. The van der Waals surface area contributed by atoms with Crippen molar-refractivity contribution in [3.8, 4) is 11.5 Å². The third-order valence-corrected chi connectivity index (χ3v) is 3.85. The number of phenols is 1. The zero-order chi connectivity index (χ0) is 14.5. The first-order valence-electron chi connectivity index (χ1n) is 6.69. The highest BCUT2D eigenvalue weighted by Crippen LogP contribution is 2.41. The Hall–Kier alpha value is -0.740. The van der Waals surface area contributed by atoms with Crippen LogP contribution in [0.15, 0.2) is 16.6 Å². The van der Waals surface area contributed by atoms with Crippen molar-refractivity contribution in [3.05, 3.63) is 22.2 Å². The van der Waals surface area contributed by atoms with Crippen LogP contribution < -0.4 is 4.74 Å². The number of hydrogen-bond donors (Lipinski definition) is 2. The minimum absolute atomic E-state index is 0.0909. The molecule has 0 radical (unpaired) electrons. The predicted molar refractivity (Wildman–Crippen MR) is 80.9 cm³/mol. The second-order valence-electron chi connectivity index (χ2n) is 5.36. The number of aromatic hydroxyl groups is 1. The molecule has 19 heavy (non-hydrogen) atoms. The van der Waals surface area contributed by atoms with Gasteiger partial charge in [0.1, 0.15) is 11.5 Å². The van der Waals surface area contributed by atoms with Gasteiger partial charge in [-0.2, -0.15) is 0 Å². The van der Waals surface area contributed by atoms with Crippen LogP contribution >= 0.6 is 15.9 Å². The number of aliphatic hydroxyl groups excluding tert-OH is 1. The Morgan fingerprint density at radius 1 is 1.32 bits per heavy atom. The number of benzene rings is 1. The van der Waals surface area contributed by atoms with Gasteiger partial charge in [-0.3, -0.25) is 0 Å². The minimum atomic E-state index is -0.292. The van der Waals surface area contributed by atoms with Crippen molar-refractivity contribution in [2.24, 2.45) is 0 Å². The van der Waals surface area contributed by atoms with Crippen molar-refractivity contribution in [3.63, 3.8) is 0 Å². The molecule has 1 aromatic rings. The molecule has 108 valence electrons. The summed E-state index contributed by atoms with van der Waals surface area (Å²) in [5.74, 6) is 0.876. The number of phenolic OH excluding ortho intramolecular Hbond substituents is 1. The van der Waals surface area contributed by atoms with E-state index >= 15 is 0 Å². The highest BCUT2D eigenvalue weighted by atomic mass is 79.9. The lowest BCUT2D eigenvalue weighted by Gasteiger charge is -2.27. The number of hydrogen-bond acceptors (Lipinski definition) is 3. The summed E-state index contributed by atoms with van der Waals surface area (Å²) in [6, 6.07) is 3.53. The molecule has 0 fully saturated rings. The number of rotatable bonds is 7. The Labute approximate surface area is 123 Å². The average Bonchev–Trinajstić information content (AvgIpc) is 2.27. The van der Waals surface area contributed by atoms with Crippen LogP contribution in [0.4, 0.5) is 0 Å². The van der Waals surface area contributed by atoms with E-state index in [4.69, 9.17) is 9.84 Å². The van der Waals surface area contributed by atoms with Crippen LogP contribution in [-0.4, -0.2) is 23.4 Å². The van der Waals surface area contributed by atoms with E-state index in [0.29, 0.717) is 18.8 Å². The predicted octanol–water partition coefficient (Wildman–Crippen LogP) is 3.99. The molecule has 0 spiro atoms. The fourth-order valence-electron chi connectivity index (χ4n) is 2.06. The Morgan fingerprint density at radius 2 is 2.00 bits per heavy atom. The van der Waals surface area contributed by atoms with Crippen molar-refractivity contribution in [2.75, 3.05) is 13.2 Å². The van der Waals surface area contributed by atoms with Crippen molar-refractivity contribution in [1.82, 2.24) is 0 Å². The maximum Gasteiger partial charge on any atom is 0.124 e. The van der Waals surface area contributed by atoms with Gasteiger partial charge in [0.25, 0.3) is 0 Å². The van der Waals surface area contributed by atoms with E-state index in [-0.39, 0.29) is 17.8 Å². The quantitative estimate of drug-likeness (QED) is 0.743. The van der Waals surface area contributed by atoms with Gasteiger partial charge in [0.15, 0.2) is 0 Å². The summed E-state index contributed by atoms with van der Waals surface area (Å²) >= 11 is 3.49. The maximum absolute atomic E-state index is 10.2. The normalized spacial score (nSPS) is 11.6. The van der Waals surface area contributed by atoms with Gasteiger partial charge in [-0.05, 0) is 24.3 Å². The van der Waals surface area contributed by atoms with Gasteiger partial charge < -0.3 is 14.9 Å². The fourth-order valence-corrected chi connectivity index (χ4v) is 3.03. The zero-order valence-corrected chi connectivity index (χ0v) is 13.5. The lowest BCUT2D eigenvalue weighted by Crippen LogP contribution is -2.19. The number of ether oxygens (including phenoxy) is 1. The average molecular weight is 331 g/mol. The molecule has 0 unspecified atom stereocenters. The largest absolute Gasteiger partial charge is 0.507 e. The molecule has 2 N–H and O–H groups in total. The summed E-state index contributed by atoms with van der Waals surface area (Å²) in [6.07, 6.45) is 2.67. The van der Waals surface area contributed by atoms with Crippen LogP contribution in [0.25, 0.3) is 0 Å². The van der Waals surface area contributed by atoms with Gasteiger partial charge >= 0.3 is 0 Å². The standard InChI is InChI=1S/C15H23BrO3/c1-4-5-8-19-11-9-12(16)14(13(18)10-11)15(2,3)6-7-17/h9-10,17-18H,4-8H2,1-3H3. The monoisotopic (exact) mass is 330 g/mol. The van der Waals surface area contributed by atoms with Gasteiger partial charge in [0.2, 0.25) is 0 Å². The summed E-state index contributed by atoms with van der Waals surface area (Å²) in [6.45, 7) is 6.86. The molecule has 0 bridgehead atoms. The van der Waals surface area contributed by atoms with E-state index in [0.717, 1.165) is 22.9 Å². The van der Waals surface area contributed by atoms with E-state index in [1.165, 1.54) is 0 Å². The van der Waals surface area contributed by atoms with E-state index in [2.05, 4.69) is 22.9 Å². The molecule has 0 saturated carbocycles. The van der Waals surface area contributed by atoms with Crippen molar-refractivity contribution >= 4 is 15.9 Å². The molecule has 0 heterocycles. The highest BCUT2D eigenvalue weighted by Gasteiger charge is 2.26. The minimum Gasteiger partial charge on any atom is -0.507 e. The molecule has 3 nitrogen and oxygen atoms in total. The van der Waals surface area contributed by atoms with Gasteiger partial charge in [-0.25, -0.2) is 0 Å². The summed E-state index contributed by atoms with van der Waals surface area (Å²) < 4.78 is 6.41. The maximum atomic E-state index is 10.2. The zero-order valence-electron chi connectivity index (χ0n) is 11.9. The fraction of sp³-hybridized carbons (Fsp3) is 0.600. The van der Waals surface area contributed by atoms with Gasteiger partial charge in [0.05, 0.1) is 6.61 Å². The Kier molecular flexibility index (Phi) is 6.14. The lowest BCUT2D eigenvalue weighted by atomic mass is 9.81. The summed E-state index contributed by atoms with van der Waals surface area (Å²) in [5.41, 5.74) is 0.518. The van der Waals surface area contributed by atoms with Crippen molar-refractivity contribution in [1.29, 1.82) is 0 Å². The molecule has 0 aliphatic carbocycles. The van der Waals surface area contributed by atoms with Gasteiger partial charge in [0, 0.05) is 22.7 Å². The van der Waals surface area contributed by atoms with Crippen LogP contribution in [0.1, 0.15) is 45.6 Å². The second kappa shape index (κ2) is 7.15. The van der Waals surface area contributed by atoms with E-state index in [1.807, 2.05) is 19.9 Å². The third kappa shape index (κ3) is 4.39. The summed E-state index contributed by atoms with van der Waals surface area (Å²) in [4.78, 5) is 0. The van der Waals surface area contributed by atoms with Crippen molar-refractivity contribution in [2.45, 2.75) is 45.4 Å². The number of unbranched alkanes of at least 4 members (excludes halogenated alkanes) is 1. The third-order valence-electron chi connectivity index (χ3n) is 3.22. The second-order valence-corrected chi connectivity index (χ2v) is 6.21. The molecule has 4 heteroatoms. The Morgan fingerprint density at radius 3 is 2.53 bits per heavy atom. The molecule has 1 rings (SSSR count). The van der Waals surface area contributed by atoms with Gasteiger partial charge in [-0.15, -0.1) is 0 Å². The van der Waals surface area contributed by atoms with E-state index in [9.17, 15) is 5.11 Å². The summed E-state index contributed by atoms with van der Waals surface area (Å²) in [7, 11) is 0. The molecule has 1 aromatic carbocycles. The molecule has 0 aliphatic heterocycles. The topological polar surface area (TPSA) is 49.7 Å². The Balaban J connectivity index is 2.97. The lowest BCUT2D eigenvalue weighted by molar-refractivity contribution is 0.249. The molecule has 0 amide bonds. The van der Waals surface area contributed by atoms with Crippen LogP contribution in [0.3, 0.4) is 0 Å².